The zero-order valence-corrected chi connectivity index (χ0v) is 21.5. The van der Waals surface area contributed by atoms with Gasteiger partial charge < -0.3 is 14.0 Å². The van der Waals surface area contributed by atoms with Gasteiger partial charge in [0.1, 0.15) is 23.6 Å². The summed E-state index contributed by atoms with van der Waals surface area (Å²) in [6.07, 6.45) is 1.23. The molecule has 5 rings (SSSR count). The van der Waals surface area contributed by atoms with Crippen molar-refractivity contribution in [3.63, 3.8) is 0 Å². The predicted octanol–water partition coefficient (Wildman–Crippen LogP) is 5.26. The Hall–Kier alpha value is -4.35. The molecule has 0 aliphatic heterocycles. The highest BCUT2D eigenvalue weighted by atomic mass is 35.5. The number of ether oxygens (including phenoxy) is 2. The van der Waals surface area contributed by atoms with E-state index in [1.54, 1.807) is 18.2 Å². The van der Waals surface area contributed by atoms with Crippen LogP contribution in [0.4, 0.5) is 10.2 Å². The number of rotatable bonds is 7. The summed E-state index contributed by atoms with van der Waals surface area (Å²) in [6.45, 7) is 0. The first kappa shape index (κ1) is 25.3. The molecule has 38 heavy (non-hydrogen) atoms. The van der Waals surface area contributed by atoms with Gasteiger partial charge in [-0.2, -0.15) is 0 Å². The molecular weight excluding hydrogens is 537 g/mol. The van der Waals surface area contributed by atoms with Crippen LogP contribution in [0, 0.1) is 5.82 Å². The third kappa shape index (κ3) is 4.57. The van der Waals surface area contributed by atoms with Gasteiger partial charge in [-0.05, 0) is 48.5 Å². The van der Waals surface area contributed by atoms with Crippen molar-refractivity contribution in [2.24, 2.45) is 0 Å². The highest BCUT2D eigenvalue weighted by molar-refractivity contribution is 7.92. The fourth-order valence-electron chi connectivity index (χ4n) is 4.08. The molecule has 0 bridgehead atoms. The molecule has 3 aromatic carbocycles. The molecule has 0 fully saturated rings. The van der Waals surface area contributed by atoms with Gasteiger partial charge in [0.25, 0.3) is 15.6 Å². The minimum Gasteiger partial charge on any atom is -0.496 e. The van der Waals surface area contributed by atoms with Gasteiger partial charge in [0.2, 0.25) is 0 Å². The molecule has 0 unspecified atom stereocenters. The van der Waals surface area contributed by atoms with Crippen LogP contribution in [-0.2, 0) is 10.0 Å². The number of aromatic nitrogens is 2. The number of benzene rings is 3. The molecular formula is C26H19ClFN3O6S. The van der Waals surface area contributed by atoms with Gasteiger partial charge in [-0.3, -0.25) is 14.1 Å². The number of halogens is 2. The lowest BCUT2D eigenvalue weighted by Crippen LogP contribution is -2.19. The molecule has 12 heteroatoms. The number of methoxy groups -OCH3 is 2. The van der Waals surface area contributed by atoms with Crippen molar-refractivity contribution in [3.05, 3.63) is 94.2 Å². The quantitative estimate of drug-likeness (QED) is 0.291. The predicted molar refractivity (Wildman–Crippen MR) is 140 cm³/mol. The van der Waals surface area contributed by atoms with Gasteiger partial charge in [-0.15, -0.1) is 0 Å². The van der Waals surface area contributed by atoms with Crippen LogP contribution in [0.25, 0.3) is 27.7 Å². The van der Waals surface area contributed by atoms with Crippen LogP contribution in [0.1, 0.15) is 0 Å². The summed E-state index contributed by atoms with van der Waals surface area (Å²) in [5, 5.41) is 4.35. The maximum absolute atomic E-state index is 15.5. The van der Waals surface area contributed by atoms with E-state index >= 15 is 4.39 Å². The Kier molecular flexibility index (Phi) is 6.55. The van der Waals surface area contributed by atoms with Crippen molar-refractivity contribution in [1.82, 2.24) is 9.72 Å². The second-order valence-corrected chi connectivity index (χ2v) is 10.2. The maximum Gasteiger partial charge on any atom is 0.263 e. The molecule has 2 heterocycles. The first-order chi connectivity index (χ1) is 18.2. The van der Waals surface area contributed by atoms with Crippen molar-refractivity contribution < 1.29 is 26.8 Å². The van der Waals surface area contributed by atoms with Gasteiger partial charge in [-0.25, -0.2) is 12.8 Å². The Balaban J connectivity index is 1.66. The van der Waals surface area contributed by atoms with E-state index in [-0.39, 0.29) is 27.7 Å². The summed E-state index contributed by atoms with van der Waals surface area (Å²) in [4.78, 5) is 12.9. The lowest BCUT2D eigenvalue weighted by Gasteiger charge is -2.17. The van der Waals surface area contributed by atoms with E-state index < -0.39 is 21.4 Å². The minimum absolute atomic E-state index is 0.0201. The summed E-state index contributed by atoms with van der Waals surface area (Å²) >= 11 is 6.14. The van der Waals surface area contributed by atoms with Crippen LogP contribution in [0.5, 0.6) is 11.5 Å². The largest absolute Gasteiger partial charge is 0.496 e. The van der Waals surface area contributed by atoms with E-state index in [4.69, 9.17) is 21.1 Å². The van der Waals surface area contributed by atoms with Crippen LogP contribution in [0.15, 0.2) is 87.2 Å². The van der Waals surface area contributed by atoms with Crippen LogP contribution in [-0.4, -0.2) is 32.4 Å². The molecule has 194 valence electrons. The van der Waals surface area contributed by atoms with E-state index in [9.17, 15) is 13.2 Å². The van der Waals surface area contributed by atoms with Gasteiger partial charge in [0.05, 0.1) is 30.3 Å². The Morgan fingerprint density at radius 3 is 2.45 bits per heavy atom. The summed E-state index contributed by atoms with van der Waals surface area (Å²) < 4.78 is 60.3. The van der Waals surface area contributed by atoms with Gasteiger partial charge in [-0.1, -0.05) is 16.8 Å². The van der Waals surface area contributed by atoms with E-state index in [1.807, 2.05) is 0 Å². The van der Waals surface area contributed by atoms with Crippen molar-refractivity contribution in [1.29, 1.82) is 0 Å². The molecule has 0 saturated heterocycles. The second kappa shape index (κ2) is 9.84. The lowest BCUT2D eigenvalue weighted by atomic mass is 10.0. The average molecular weight is 556 g/mol. The third-order valence-electron chi connectivity index (χ3n) is 5.81. The first-order valence-corrected chi connectivity index (χ1v) is 12.9. The smallest absolute Gasteiger partial charge is 0.263 e. The minimum atomic E-state index is -4.00. The topological polar surface area (TPSA) is 113 Å². The highest BCUT2D eigenvalue weighted by Gasteiger charge is 2.21. The third-order valence-corrected chi connectivity index (χ3v) is 7.40. The van der Waals surface area contributed by atoms with Gasteiger partial charge in [0.15, 0.2) is 5.82 Å². The van der Waals surface area contributed by atoms with Crippen LogP contribution >= 0.6 is 11.6 Å². The van der Waals surface area contributed by atoms with Crippen molar-refractivity contribution in [3.8, 4) is 28.3 Å². The fraction of sp³-hybridized carbons (Fsp3) is 0.0769. The lowest BCUT2D eigenvalue weighted by molar-refractivity contribution is 0.411. The molecule has 0 spiro atoms. The molecule has 0 saturated carbocycles. The number of sulfonamides is 1. The number of anilines is 1. The highest BCUT2D eigenvalue weighted by Crippen LogP contribution is 2.38. The number of hydrogen-bond acceptors (Lipinski definition) is 7. The molecule has 0 aliphatic rings. The normalized spacial score (nSPS) is 11.5. The van der Waals surface area contributed by atoms with E-state index in [1.165, 1.54) is 73.6 Å². The molecule has 0 amide bonds. The molecule has 0 atom stereocenters. The van der Waals surface area contributed by atoms with Crippen LogP contribution < -0.4 is 19.8 Å². The Morgan fingerprint density at radius 1 is 0.947 bits per heavy atom. The van der Waals surface area contributed by atoms with Crippen LogP contribution in [0.2, 0.25) is 5.02 Å². The first-order valence-electron chi connectivity index (χ1n) is 11.0. The number of fused-ring (bicyclic) bond motifs is 1. The number of nitrogens with zero attached hydrogens (tertiary/aromatic N) is 2. The summed E-state index contributed by atoms with van der Waals surface area (Å²) in [6, 6.07) is 15.7. The standard InChI is InChI=1S/C26H19ClFN3O6S/c1-35-23-7-4-16(27)12-19(23)18-13-24(36-2)22(14-20(18)28)31-21-6-5-17(11-15(21)3-8-26(31)32)38(33,34)30-25-9-10-37-29-25/h3-14H,1-2H3,(H,29,30). The molecule has 9 nitrogen and oxygen atoms in total. The van der Waals surface area contributed by atoms with E-state index in [0.29, 0.717) is 27.2 Å². The van der Waals surface area contributed by atoms with Crippen LogP contribution in [0.3, 0.4) is 0 Å². The van der Waals surface area contributed by atoms with Crippen molar-refractivity contribution in [2.75, 3.05) is 18.9 Å². The molecule has 0 radical (unpaired) electrons. The molecule has 1 N–H and O–H groups in total. The monoisotopic (exact) mass is 555 g/mol. The number of hydrogen-bond donors (Lipinski definition) is 1. The Bertz CT molecular complexity index is 1840. The maximum atomic E-state index is 15.5. The summed E-state index contributed by atoms with van der Waals surface area (Å²) in [5.41, 5.74) is 0.553. The zero-order chi connectivity index (χ0) is 27.0. The van der Waals surface area contributed by atoms with Gasteiger partial charge in [0, 0.05) is 39.7 Å². The number of pyridine rings is 1. The fourth-order valence-corrected chi connectivity index (χ4v) is 5.28. The van der Waals surface area contributed by atoms with Crippen molar-refractivity contribution >= 4 is 38.3 Å². The summed E-state index contributed by atoms with van der Waals surface area (Å²) in [7, 11) is -1.14. The average Bonchev–Trinajstić information content (AvgIpc) is 3.40. The SMILES string of the molecule is COc1ccc(Cl)cc1-c1cc(OC)c(-n2c(=O)ccc3cc(S(=O)(=O)Nc4ccon4)ccc32)cc1F. The summed E-state index contributed by atoms with van der Waals surface area (Å²) in [5.74, 6) is -0.0335. The molecule has 0 aliphatic carbocycles. The molecule has 2 aromatic heterocycles. The Labute approximate surface area is 221 Å². The second-order valence-electron chi connectivity index (χ2n) is 8.07. The zero-order valence-electron chi connectivity index (χ0n) is 19.9. The van der Waals surface area contributed by atoms with E-state index in [2.05, 4.69) is 14.4 Å². The Morgan fingerprint density at radius 2 is 1.74 bits per heavy atom. The number of nitrogens with one attached hydrogen (secondary N) is 1. The van der Waals surface area contributed by atoms with E-state index in [0.717, 1.165) is 0 Å². The van der Waals surface area contributed by atoms with Crippen molar-refractivity contribution in [2.45, 2.75) is 4.90 Å². The molecule has 5 aromatic rings. The van der Waals surface area contributed by atoms with Gasteiger partial charge >= 0.3 is 0 Å².